The van der Waals surface area contributed by atoms with E-state index in [1.807, 2.05) is 6.07 Å². The number of nitrogens with zero attached hydrogens (tertiary/aromatic N) is 2. The number of urea groups is 1. The highest BCUT2D eigenvalue weighted by molar-refractivity contribution is 5.88. The highest BCUT2D eigenvalue weighted by atomic mass is 35.5. The molecule has 1 unspecified atom stereocenters. The number of rotatable bonds is 6. The molecule has 130 valence electrons. The molecule has 24 heavy (non-hydrogen) atoms. The lowest BCUT2D eigenvalue weighted by Gasteiger charge is -2.15. The van der Waals surface area contributed by atoms with Crippen molar-refractivity contribution in [2.75, 3.05) is 12.4 Å². The molecule has 0 bridgehead atoms. The van der Waals surface area contributed by atoms with E-state index in [1.54, 1.807) is 49.4 Å². The number of aryl methyl sites for hydroxylation is 1. The average Bonchev–Trinajstić information content (AvgIpc) is 2.92. The van der Waals surface area contributed by atoms with Crippen LogP contribution in [0, 0.1) is 0 Å². The summed E-state index contributed by atoms with van der Waals surface area (Å²) in [5, 5.41) is 12.4. The van der Waals surface area contributed by atoms with Crippen LogP contribution in [0.25, 0.3) is 0 Å². The summed E-state index contributed by atoms with van der Waals surface area (Å²) in [5.74, 6) is -0.159. The molecule has 1 aromatic heterocycles. The maximum Gasteiger partial charge on any atom is 0.316 e. The molecule has 0 aliphatic rings. The number of anilines is 1. The molecule has 2 aromatic rings. The van der Waals surface area contributed by atoms with Gasteiger partial charge in [-0.25, -0.2) is 4.79 Å². The molecule has 0 radical (unpaired) electrons. The van der Waals surface area contributed by atoms with Crippen LogP contribution in [0.3, 0.4) is 0 Å². The Balaban J connectivity index is 0.00000288. The minimum Gasteiger partial charge on any atom is -0.351 e. The Morgan fingerprint density at radius 3 is 2.71 bits per heavy atom. The minimum absolute atomic E-state index is 0. The van der Waals surface area contributed by atoms with Crippen molar-refractivity contribution in [2.24, 2.45) is 12.8 Å². The summed E-state index contributed by atoms with van der Waals surface area (Å²) in [6.07, 6.45) is 3.44. The van der Waals surface area contributed by atoms with Crippen LogP contribution in [0.5, 0.6) is 0 Å². The lowest BCUT2D eigenvalue weighted by atomic mass is 10.1. The largest absolute Gasteiger partial charge is 0.351 e. The van der Waals surface area contributed by atoms with Crippen molar-refractivity contribution in [2.45, 2.75) is 12.6 Å². The number of carbonyl (C=O) groups is 2. The fraction of sp³-hybridized carbons (Fsp3) is 0.267. The summed E-state index contributed by atoms with van der Waals surface area (Å²) in [7, 11) is 3.51. The van der Waals surface area contributed by atoms with Crippen molar-refractivity contribution in [3.63, 3.8) is 0 Å². The lowest BCUT2D eigenvalue weighted by Crippen LogP contribution is -2.35. The van der Waals surface area contributed by atoms with Crippen LogP contribution < -0.4 is 21.7 Å². The Hall–Kier alpha value is -2.58. The third-order valence-corrected chi connectivity index (χ3v) is 3.27. The summed E-state index contributed by atoms with van der Waals surface area (Å²) in [4.78, 5) is 23.2. The van der Waals surface area contributed by atoms with Gasteiger partial charge < -0.3 is 21.7 Å². The van der Waals surface area contributed by atoms with Crippen LogP contribution in [-0.4, -0.2) is 28.8 Å². The normalized spacial score (nSPS) is 11.2. The van der Waals surface area contributed by atoms with E-state index in [0.29, 0.717) is 12.2 Å². The molecule has 0 aliphatic heterocycles. The van der Waals surface area contributed by atoms with Crippen LogP contribution in [0.15, 0.2) is 36.7 Å². The second-order valence-corrected chi connectivity index (χ2v) is 5.08. The molecule has 5 N–H and O–H groups in total. The zero-order valence-electron chi connectivity index (χ0n) is 13.4. The number of halogens is 1. The molecule has 0 saturated heterocycles. The highest BCUT2D eigenvalue weighted by Crippen LogP contribution is 2.13. The van der Waals surface area contributed by atoms with E-state index in [0.717, 1.165) is 11.1 Å². The third kappa shape index (κ3) is 5.25. The first kappa shape index (κ1) is 19.5. The number of hydrogen-bond acceptors (Lipinski definition) is 4. The van der Waals surface area contributed by atoms with Crippen LogP contribution in [0.1, 0.15) is 17.2 Å². The van der Waals surface area contributed by atoms with Gasteiger partial charge in [-0.2, -0.15) is 5.10 Å². The number of nitrogens with one attached hydrogen (secondary N) is 3. The van der Waals surface area contributed by atoms with E-state index in [1.165, 1.54) is 0 Å². The zero-order chi connectivity index (χ0) is 16.8. The number of carbonyl (C=O) groups excluding carboxylic acids is 2. The standard InChI is InChI=1S/C15H20N6O2.ClH/c1-17-13(11-8-19-21(2)9-11)14(22)18-7-10-4-3-5-12(6-10)20-15(16)23;/h3-6,8-9,13,17H,7H2,1-2H3,(H,18,22)(H3,16,20,23);1H. The van der Waals surface area contributed by atoms with Crippen LogP contribution in [0.4, 0.5) is 10.5 Å². The van der Waals surface area contributed by atoms with Gasteiger partial charge in [0.25, 0.3) is 0 Å². The molecule has 3 amide bonds. The third-order valence-electron chi connectivity index (χ3n) is 3.27. The SMILES string of the molecule is CNC(C(=O)NCc1cccc(NC(N)=O)c1)c1cnn(C)c1.Cl. The van der Waals surface area contributed by atoms with E-state index in [2.05, 4.69) is 21.0 Å². The average molecular weight is 353 g/mol. The van der Waals surface area contributed by atoms with Gasteiger partial charge in [-0.1, -0.05) is 12.1 Å². The second kappa shape index (κ2) is 8.90. The minimum atomic E-state index is -0.627. The predicted octanol–water partition coefficient (Wildman–Crippen LogP) is 0.909. The Kier molecular flexibility index (Phi) is 7.22. The molecule has 1 aromatic carbocycles. The molecule has 2 rings (SSSR count). The van der Waals surface area contributed by atoms with Crippen molar-refractivity contribution in [1.29, 1.82) is 0 Å². The van der Waals surface area contributed by atoms with Gasteiger partial charge >= 0.3 is 6.03 Å². The summed E-state index contributed by atoms with van der Waals surface area (Å²) >= 11 is 0. The first-order valence-electron chi connectivity index (χ1n) is 7.08. The van der Waals surface area contributed by atoms with Gasteiger partial charge in [-0.15, -0.1) is 12.4 Å². The van der Waals surface area contributed by atoms with E-state index < -0.39 is 12.1 Å². The van der Waals surface area contributed by atoms with Crippen molar-refractivity contribution < 1.29 is 9.59 Å². The van der Waals surface area contributed by atoms with Crippen molar-refractivity contribution in [3.05, 3.63) is 47.8 Å². The number of amides is 3. The molecule has 1 atom stereocenters. The van der Waals surface area contributed by atoms with E-state index in [4.69, 9.17) is 5.73 Å². The first-order chi connectivity index (χ1) is 11.0. The molecule has 9 heteroatoms. The maximum absolute atomic E-state index is 12.3. The molecule has 0 spiro atoms. The van der Waals surface area contributed by atoms with Crippen molar-refractivity contribution >= 4 is 30.0 Å². The van der Waals surface area contributed by atoms with E-state index >= 15 is 0 Å². The van der Waals surface area contributed by atoms with Gasteiger partial charge in [0.15, 0.2) is 0 Å². The summed E-state index contributed by atoms with van der Waals surface area (Å²) in [6.45, 7) is 0.339. The topological polar surface area (TPSA) is 114 Å². The Bertz CT molecular complexity index is 703. The predicted molar refractivity (Wildman–Crippen MR) is 93.8 cm³/mol. The van der Waals surface area contributed by atoms with Gasteiger partial charge in [0.1, 0.15) is 6.04 Å². The molecule has 0 aliphatic carbocycles. The van der Waals surface area contributed by atoms with Gasteiger partial charge in [0.05, 0.1) is 6.20 Å². The fourth-order valence-corrected chi connectivity index (χ4v) is 2.23. The number of likely N-dealkylation sites (N-methyl/N-ethyl adjacent to an activating group) is 1. The lowest BCUT2D eigenvalue weighted by molar-refractivity contribution is -0.123. The van der Waals surface area contributed by atoms with E-state index in [9.17, 15) is 9.59 Å². The number of nitrogens with two attached hydrogens (primary N) is 1. The van der Waals surface area contributed by atoms with Crippen LogP contribution >= 0.6 is 12.4 Å². The Morgan fingerprint density at radius 1 is 1.38 bits per heavy atom. The molecular weight excluding hydrogens is 332 g/mol. The maximum atomic E-state index is 12.3. The number of hydrogen-bond donors (Lipinski definition) is 4. The fourth-order valence-electron chi connectivity index (χ4n) is 2.23. The molecule has 8 nitrogen and oxygen atoms in total. The van der Waals surface area contributed by atoms with Crippen molar-refractivity contribution in [3.8, 4) is 0 Å². The quantitative estimate of drug-likeness (QED) is 0.618. The van der Waals surface area contributed by atoms with Crippen LogP contribution in [-0.2, 0) is 18.4 Å². The van der Waals surface area contributed by atoms with E-state index in [-0.39, 0.29) is 18.3 Å². The molecule has 1 heterocycles. The number of aromatic nitrogens is 2. The summed E-state index contributed by atoms with van der Waals surface area (Å²) in [5.41, 5.74) is 7.31. The monoisotopic (exact) mass is 352 g/mol. The van der Waals surface area contributed by atoms with Gasteiger partial charge in [0.2, 0.25) is 5.91 Å². The summed E-state index contributed by atoms with van der Waals surface area (Å²) in [6, 6.07) is 6.01. The van der Waals surface area contributed by atoms with Crippen molar-refractivity contribution in [1.82, 2.24) is 20.4 Å². The second-order valence-electron chi connectivity index (χ2n) is 5.08. The number of benzene rings is 1. The smallest absolute Gasteiger partial charge is 0.316 e. The van der Waals surface area contributed by atoms with Gasteiger partial charge in [-0.05, 0) is 24.7 Å². The van der Waals surface area contributed by atoms with Gasteiger partial charge in [0, 0.05) is 31.0 Å². The molecule has 0 saturated carbocycles. The molecule has 0 fully saturated rings. The number of primary amides is 1. The first-order valence-corrected chi connectivity index (χ1v) is 7.08. The highest BCUT2D eigenvalue weighted by Gasteiger charge is 2.19. The zero-order valence-corrected chi connectivity index (χ0v) is 14.3. The Labute approximate surface area is 146 Å². The summed E-state index contributed by atoms with van der Waals surface area (Å²) < 4.78 is 1.64. The van der Waals surface area contributed by atoms with Crippen LogP contribution in [0.2, 0.25) is 0 Å². The molecular formula is C15H21ClN6O2. The Morgan fingerprint density at radius 2 is 2.12 bits per heavy atom. The van der Waals surface area contributed by atoms with Gasteiger partial charge in [-0.3, -0.25) is 9.48 Å².